The molecule has 2 N–H and O–H groups in total. The number of hydrogen-bond donors (Lipinski definition) is 2. The standard InChI is InChI=1S/C19H26N2O/c1-13(2)18-12-16(15-8-3-4-9-17(15)21-18)19(22)11-14-7-5-6-10-20-14/h3-4,8-9,12-14,19-20,22H,5-7,10-11H2,1-2H3. The molecule has 2 unspecified atom stereocenters. The predicted octanol–water partition coefficient (Wildman–Crippen LogP) is 3.92. The largest absolute Gasteiger partial charge is 0.388 e. The first-order valence-corrected chi connectivity index (χ1v) is 8.46. The fraction of sp³-hybridized carbons (Fsp3) is 0.526. The van der Waals surface area contributed by atoms with Crippen LogP contribution in [0.25, 0.3) is 10.9 Å². The maximum absolute atomic E-state index is 10.8. The molecule has 3 nitrogen and oxygen atoms in total. The number of aliphatic hydroxyl groups is 1. The van der Waals surface area contributed by atoms with Gasteiger partial charge in [-0.15, -0.1) is 0 Å². The summed E-state index contributed by atoms with van der Waals surface area (Å²) in [5.74, 6) is 0.364. The van der Waals surface area contributed by atoms with Gasteiger partial charge in [-0.2, -0.15) is 0 Å². The number of piperidine rings is 1. The molecule has 2 aromatic rings. The zero-order valence-corrected chi connectivity index (χ0v) is 13.5. The Balaban J connectivity index is 1.93. The van der Waals surface area contributed by atoms with Gasteiger partial charge >= 0.3 is 0 Å². The van der Waals surface area contributed by atoms with Gasteiger partial charge in [0, 0.05) is 17.1 Å². The molecule has 0 aliphatic carbocycles. The summed E-state index contributed by atoms with van der Waals surface area (Å²) in [6, 6.07) is 10.7. The van der Waals surface area contributed by atoms with E-state index in [2.05, 4.69) is 31.3 Å². The van der Waals surface area contributed by atoms with Crippen molar-refractivity contribution in [3.63, 3.8) is 0 Å². The van der Waals surface area contributed by atoms with Crippen LogP contribution in [0.4, 0.5) is 0 Å². The normalized spacial score (nSPS) is 20.5. The molecule has 1 saturated heterocycles. The fourth-order valence-corrected chi connectivity index (χ4v) is 3.32. The lowest BCUT2D eigenvalue weighted by atomic mass is 9.93. The number of nitrogens with one attached hydrogen (secondary N) is 1. The molecule has 0 saturated carbocycles. The number of rotatable bonds is 4. The van der Waals surface area contributed by atoms with E-state index >= 15 is 0 Å². The van der Waals surface area contributed by atoms with E-state index < -0.39 is 6.10 Å². The molecule has 1 aliphatic rings. The maximum Gasteiger partial charge on any atom is 0.0812 e. The van der Waals surface area contributed by atoms with Crippen molar-refractivity contribution in [1.82, 2.24) is 10.3 Å². The SMILES string of the molecule is CC(C)c1cc(C(O)CC2CCCCN2)c2ccccc2n1. The van der Waals surface area contributed by atoms with Crippen molar-refractivity contribution in [2.45, 2.75) is 57.6 Å². The molecule has 22 heavy (non-hydrogen) atoms. The monoisotopic (exact) mass is 298 g/mol. The van der Waals surface area contributed by atoms with Crippen LogP contribution in [0.2, 0.25) is 0 Å². The summed E-state index contributed by atoms with van der Waals surface area (Å²) in [5.41, 5.74) is 3.07. The molecule has 2 atom stereocenters. The van der Waals surface area contributed by atoms with Crippen LogP contribution in [-0.4, -0.2) is 22.7 Å². The van der Waals surface area contributed by atoms with Crippen molar-refractivity contribution >= 4 is 10.9 Å². The Morgan fingerprint density at radius 1 is 1.27 bits per heavy atom. The van der Waals surface area contributed by atoms with Gasteiger partial charge in [0.05, 0.1) is 11.6 Å². The Morgan fingerprint density at radius 3 is 2.82 bits per heavy atom. The predicted molar refractivity (Wildman–Crippen MR) is 91.1 cm³/mol. The summed E-state index contributed by atoms with van der Waals surface area (Å²) in [6.45, 7) is 5.37. The zero-order chi connectivity index (χ0) is 15.5. The quantitative estimate of drug-likeness (QED) is 0.899. The van der Waals surface area contributed by atoms with Crippen molar-refractivity contribution in [2.75, 3.05) is 6.54 Å². The van der Waals surface area contributed by atoms with Crippen LogP contribution in [0.5, 0.6) is 0 Å². The Morgan fingerprint density at radius 2 is 2.09 bits per heavy atom. The molecule has 0 amide bonds. The minimum atomic E-state index is -0.430. The maximum atomic E-state index is 10.8. The fourth-order valence-electron chi connectivity index (χ4n) is 3.32. The summed E-state index contributed by atoms with van der Waals surface area (Å²) in [7, 11) is 0. The van der Waals surface area contributed by atoms with Crippen LogP contribution >= 0.6 is 0 Å². The molecular weight excluding hydrogens is 272 g/mol. The number of benzene rings is 1. The second-order valence-corrected chi connectivity index (χ2v) is 6.71. The molecule has 1 aromatic heterocycles. The minimum Gasteiger partial charge on any atom is -0.388 e. The van der Waals surface area contributed by atoms with Crippen molar-refractivity contribution in [1.29, 1.82) is 0 Å². The molecule has 1 aromatic carbocycles. The topological polar surface area (TPSA) is 45.1 Å². The molecular formula is C19H26N2O. The van der Waals surface area contributed by atoms with E-state index in [0.717, 1.165) is 41.5 Å². The van der Waals surface area contributed by atoms with E-state index in [1.165, 1.54) is 12.8 Å². The molecule has 2 heterocycles. The van der Waals surface area contributed by atoms with Gasteiger partial charge in [-0.25, -0.2) is 0 Å². The van der Waals surface area contributed by atoms with Gasteiger partial charge in [0.25, 0.3) is 0 Å². The first kappa shape index (κ1) is 15.4. The van der Waals surface area contributed by atoms with Crippen molar-refractivity contribution in [2.24, 2.45) is 0 Å². The lowest BCUT2D eigenvalue weighted by Crippen LogP contribution is -2.35. The number of nitrogens with zero attached hydrogens (tertiary/aromatic N) is 1. The van der Waals surface area contributed by atoms with E-state index in [9.17, 15) is 5.11 Å². The average molecular weight is 298 g/mol. The van der Waals surface area contributed by atoms with Crippen LogP contribution < -0.4 is 5.32 Å². The van der Waals surface area contributed by atoms with E-state index in [1.54, 1.807) is 0 Å². The molecule has 0 spiro atoms. The highest BCUT2D eigenvalue weighted by Gasteiger charge is 2.20. The van der Waals surface area contributed by atoms with Gasteiger partial charge in [-0.1, -0.05) is 38.5 Å². The van der Waals surface area contributed by atoms with Crippen LogP contribution in [0, 0.1) is 0 Å². The van der Waals surface area contributed by atoms with Gasteiger partial charge in [0.15, 0.2) is 0 Å². The molecule has 0 radical (unpaired) electrons. The third-order valence-electron chi connectivity index (χ3n) is 4.64. The molecule has 1 aliphatic heterocycles. The van der Waals surface area contributed by atoms with Gasteiger partial charge in [-0.05, 0) is 49.4 Å². The van der Waals surface area contributed by atoms with Gasteiger partial charge in [-0.3, -0.25) is 4.98 Å². The van der Waals surface area contributed by atoms with Gasteiger partial charge in [0.1, 0.15) is 0 Å². The summed E-state index contributed by atoms with van der Waals surface area (Å²) in [5, 5.41) is 15.4. The van der Waals surface area contributed by atoms with Crippen LogP contribution in [-0.2, 0) is 0 Å². The zero-order valence-electron chi connectivity index (χ0n) is 13.5. The van der Waals surface area contributed by atoms with Crippen molar-refractivity contribution in [3.05, 3.63) is 41.6 Å². The van der Waals surface area contributed by atoms with E-state index in [-0.39, 0.29) is 0 Å². The van der Waals surface area contributed by atoms with Crippen molar-refractivity contribution in [3.8, 4) is 0 Å². The van der Waals surface area contributed by atoms with E-state index in [1.807, 2.05) is 18.2 Å². The summed E-state index contributed by atoms with van der Waals surface area (Å²) in [4.78, 5) is 4.74. The highest BCUT2D eigenvalue weighted by Crippen LogP contribution is 2.30. The Hall–Kier alpha value is -1.45. The first-order valence-electron chi connectivity index (χ1n) is 8.46. The summed E-state index contributed by atoms with van der Waals surface area (Å²) >= 11 is 0. The number of aliphatic hydroxyl groups excluding tert-OH is 1. The second kappa shape index (κ2) is 6.76. The van der Waals surface area contributed by atoms with E-state index in [4.69, 9.17) is 4.98 Å². The number of para-hydroxylation sites is 1. The highest BCUT2D eigenvalue weighted by atomic mass is 16.3. The van der Waals surface area contributed by atoms with Gasteiger partial charge < -0.3 is 10.4 Å². The Kier molecular flexibility index (Phi) is 4.74. The first-order chi connectivity index (χ1) is 10.6. The molecule has 0 bridgehead atoms. The minimum absolute atomic E-state index is 0.364. The van der Waals surface area contributed by atoms with Crippen LogP contribution in [0.15, 0.2) is 30.3 Å². The Labute approximate surface area is 132 Å². The summed E-state index contributed by atoms with van der Waals surface area (Å²) < 4.78 is 0. The molecule has 118 valence electrons. The summed E-state index contributed by atoms with van der Waals surface area (Å²) in [6.07, 6.45) is 4.03. The third kappa shape index (κ3) is 3.31. The number of pyridine rings is 1. The number of hydrogen-bond acceptors (Lipinski definition) is 3. The number of fused-ring (bicyclic) bond motifs is 1. The molecule has 3 rings (SSSR count). The van der Waals surface area contributed by atoms with E-state index in [0.29, 0.717) is 12.0 Å². The van der Waals surface area contributed by atoms with Crippen molar-refractivity contribution < 1.29 is 5.11 Å². The van der Waals surface area contributed by atoms with Crippen LogP contribution in [0.1, 0.15) is 62.8 Å². The average Bonchev–Trinajstić information content (AvgIpc) is 2.54. The third-order valence-corrected chi connectivity index (χ3v) is 4.64. The smallest absolute Gasteiger partial charge is 0.0812 e. The second-order valence-electron chi connectivity index (χ2n) is 6.71. The van der Waals surface area contributed by atoms with Gasteiger partial charge in [0.2, 0.25) is 0 Å². The highest BCUT2D eigenvalue weighted by molar-refractivity contribution is 5.82. The lowest BCUT2D eigenvalue weighted by Gasteiger charge is -2.26. The van der Waals surface area contributed by atoms with Crippen LogP contribution in [0.3, 0.4) is 0 Å². The Bertz CT molecular complexity index is 632. The molecule has 1 fully saturated rings. The number of aromatic nitrogens is 1. The molecule has 3 heteroatoms. The lowest BCUT2D eigenvalue weighted by molar-refractivity contribution is 0.146.